The highest BCUT2D eigenvalue weighted by Crippen LogP contribution is 2.29. The average molecular weight is 268 g/mol. The number of hydrogen-bond acceptors (Lipinski definition) is 5. The first-order valence-electron chi connectivity index (χ1n) is 6.21. The van der Waals surface area contributed by atoms with Crippen molar-refractivity contribution in [2.75, 3.05) is 24.6 Å². The molecule has 7 heteroatoms. The van der Waals surface area contributed by atoms with E-state index in [0.717, 1.165) is 13.1 Å². The Bertz CT molecular complexity index is 438. The van der Waals surface area contributed by atoms with Gasteiger partial charge in [0.15, 0.2) is 5.69 Å². The fourth-order valence-electron chi connectivity index (χ4n) is 2.52. The Morgan fingerprint density at radius 1 is 1.44 bits per heavy atom. The molecule has 0 spiro atoms. The van der Waals surface area contributed by atoms with Gasteiger partial charge in [0.05, 0.1) is 12.2 Å². The first kappa shape index (κ1) is 12.0. The minimum atomic E-state index is -1.01. The lowest BCUT2D eigenvalue weighted by Crippen LogP contribution is -2.54. The predicted octanol–water partition coefficient (Wildman–Crippen LogP) is 0.729. The second-order valence-electron chi connectivity index (χ2n) is 4.87. The first-order valence-corrected chi connectivity index (χ1v) is 7.36. The van der Waals surface area contributed by atoms with E-state index in [1.165, 1.54) is 30.5 Å². The first-order chi connectivity index (χ1) is 8.74. The maximum Gasteiger partial charge on any atom is 0.358 e. The van der Waals surface area contributed by atoms with Gasteiger partial charge in [0, 0.05) is 24.9 Å². The molecule has 0 aromatic carbocycles. The summed E-state index contributed by atoms with van der Waals surface area (Å²) >= 11 is 2.03. The molecule has 6 nitrogen and oxygen atoms in total. The lowest BCUT2D eigenvalue weighted by Gasteiger charge is -2.45. The Hall–Kier alpha value is -1.08. The van der Waals surface area contributed by atoms with E-state index >= 15 is 0 Å². The van der Waals surface area contributed by atoms with Crippen LogP contribution in [0.2, 0.25) is 0 Å². The van der Waals surface area contributed by atoms with Gasteiger partial charge in [-0.1, -0.05) is 5.21 Å². The highest BCUT2D eigenvalue weighted by Gasteiger charge is 2.34. The highest BCUT2D eigenvalue weighted by atomic mass is 32.2. The fraction of sp³-hybridized carbons (Fsp3) is 0.727. The van der Waals surface area contributed by atoms with Crippen molar-refractivity contribution in [3.63, 3.8) is 0 Å². The Morgan fingerprint density at radius 3 is 2.89 bits per heavy atom. The molecule has 0 radical (unpaired) electrons. The van der Waals surface area contributed by atoms with Crippen molar-refractivity contribution in [3.8, 4) is 0 Å². The van der Waals surface area contributed by atoms with Crippen LogP contribution in [-0.2, 0) is 0 Å². The maximum atomic E-state index is 10.7. The molecule has 18 heavy (non-hydrogen) atoms. The van der Waals surface area contributed by atoms with Crippen LogP contribution in [0.4, 0.5) is 0 Å². The Balaban J connectivity index is 1.56. The Morgan fingerprint density at radius 2 is 2.28 bits per heavy atom. The number of thioether (sulfide) groups is 1. The zero-order valence-corrected chi connectivity index (χ0v) is 10.8. The molecule has 1 N–H and O–H groups in total. The van der Waals surface area contributed by atoms with E-state index in [-0.39, 0.29) is 11.7 Å². The molecule has 1 aromatic heterocycles. The van der Waals surface area contributed by atoms with Gasteiger partial charge >= 0.3 is 5.97 Å². The van der Waals surface area contributed by atoms with Crippen molar-refractivity contribution in [1.82, 2.24) is 19.9 Å². The third kappa shape index (κ3) is 2.24. The smallest absolute Gasteiger partial charge is 0.358 e. The maximum absolute atomic E-state index is 10.7. The minimum absolute atomic E-state index is 0.0293. The van der Waals surface area contributed by atoms with E-state index in [0.29, 0.717) is 6.04 Å². The molecule has 0 bridgehead atoms. The molecular formula is C11H16N4O2S. The number of hydrogen-bond donors (Lipinski definition) is 1. The standard InChI is InChI=1S/C11H16N4O2S/c16-11(17)10-6-15(13-12-10)9-4-14(5-9)8-2-1-3-18-7-8/h6,8-9H,1-5,7H2,(H,16,17). The molecule has 2 fully saturated rings. The van der Waals surface area contributed by atoms with Gasteiger partial charge in [0.25, 0.3) is 0 Å². The van der Waals surface area contributed by atoms with Crippen molar-refractivity contribution in [2.24, 2.45) is 0 Å². The van der Waals surface area contributed by atoms with Crippen molar-refractivity contribution in [2.45, 2.75) is 24.9 Å². The molecule has 1 aromatic rings. The van der Waals surface area contributed by atoms with E-state index in [1.54, 1.807) is 4.68 Å². The molecule has 0 saturated carbocycles. The number of aromatic carboxylic acids is 1. The van der Waals surface area contributed by atoms with Crippen LogP contribution in [0.3, 0.4) is 0 Å². The van der Waals surface area contributed by atoms with Crippen LogP contribution in [0.15, 0.2) is 6.20 Å². The third-order valence-electron chi connectivity index (χ3n) is 3.65. The van der Waals surface area contributed by atoms with Gasteiger partial charge in [-0.3, -0.25) is 4.90 Å². The monoisotopic (exact) mass is 268 g/mol. The summed E-state index contributed by atoms with van der Waals surface area (Å²) in [5.41, 5.74) is 0.0293. The quantitative estimate of drug-likeness (QED) is 0.871. The largest absolute Gasteiger partial charge is 0.476 e. The highest BCUT2D eigenvalue weighted by molar-refractivity contribution is 7.99. The molecule has 3 rings (SSSR count). The summed E-state index contributed by atoms with van der Waals surface area (Å²) in [4.78, 5) is 13.2. The zero-order valence-electron chi connectivity index (χ0n) is 10.0. The lowest BCUT2D eigenvalue weighted by molar-refractivity contribution is 0.0561. The molecule has 1 atom stereocenters. The third-order valence-corrected chi connectivity index (χ3v) is 4.84. The Labute approximate surface area is 109 Å². The number of rotatable bonds is 3. The summed E-state index contributed by atoms with van der Waals surface area (Å²) in [7, 11) is 0. The SMILES string of the molecule is O=C(O)c1cn(C2CN(C3CCCSC3)C2)nn1. The van der Waals surface area contributed by atoms with Crippen LogP contribution in [0.25, 0.3) is 0 Å². The molecule has 3 heterocycles. The number of nitrogens with zero attached hydrogens (tertiary/aromatic N) is 4. The second-order valence-corrected chi connectivity index (χ2v) is 6.02. The van der Waals surface area contributed by atoms with Gasteiger partial charge in [0.1, 0.15) is 0 Å². The Kier molecular flexibility index (Phi) is 3.25. The predicted molar refractivity (Wildman–Crippen MR) is 67.9 cm³/mol. The second kappa shape index (κ2) is 4.89. The van der Waals surface area contributed by atoms with E-state index < -0.39 is 5.97 Å². The summed E-state index contributed by atoms with van der Waals surface area (Å²) in [5.74, 6) is 1.50. The van der Waals surface area contributed by atoms with Crippen LogP contribution in [-0.4, -0.2) is 61.6 Å². The van der Waals surface area contributed by atoms with Gasteiger partial charge in [0.2, 0.25) is 0 Å². The van der Waals surface area contributed by atoms with Crippen molar-refractivity contribution >= 4 is 17.7 Å². The summed E-state index contributed by atoms with van der Waals surface area (Å²) in [6, 6.07) is 0.986. The van der Waals surface area contributed by atoms with Gasteiger partial charge < -0.3 is 5.11 Å². The van der Waals surface area contributed by atoms with Crippen molar-refractivity contribution in [3.05, 3.63) is 11.9 Å². The molecule has 0 amide bonds. The van der Waals surface area contributed by atoms with E-state index in [1.807, 2.05) is 11.8 Å². The zero-order chi connectivity index (χ0) is 12.5. The summed E-state index contributed by atoms with van der Waals surface area (Å²) in [5, 5.41) is 16.3. The van der Waals surface area contributed by atoms with Gasteiger partial charge in [-0.25, -0.2) is 9.48 Å². The van der Waals surface area contributed by atoms with Crippen LogP contribution >= 0.6 is 11.8 Å². The molecule has 2 saturated heterocycles. The molecule has 2 aliphatic rings. The van der Waals surface area contributed by atoms with E-state index in [4.69, 9.17) is 5.11 Å². The van der Waals surface area contributed by atoms with Crippen molar-refractivity contribution < 1.29 is 9.90 Å². The van der Waals surface area contributed by atoms with Crippen LogP contribution in [0.5, 0.6) is 0 Å². The summed E-state index contributed by atoms with van der Waals surface area (Å²) in [6.07, 6.45) is 4.13. The number of carboxylic acid groups (broad SMARTS) is 1. The normalized spacial score (nSPS) is 25.9. The van der Waals surface area contributed by atoms with E-state index in [9.17, 15) is 4.79 Å². The van der Waals surface area contributed by atoms with Crippen LogP contribution in [0, 0.1) is 0 Å². The van der Waals surface area contributed by atoms with Gasteiger partial charge in [-0.2, -0.15) is 11.8 Å². The van der Waals surface area contributed by atoms with Crippen LogP contribution in [0.1, 0.15) is 29.4 Å². The number of carboxylic acids is 1. The lowest BCUT2D eigenvalue weighted by atomic mass is 10.0. The topological polar surface area (TPSA) is 71.2 Å². The van der Waals surface area contributed by atoms with Gasteiger partial charge in [-0.15, -0.1) is 5.10 Å². The van der Waals surface area contributed by atoms with Gasteiger partial charge in [-0.05, 0) is 18.6 Å². The minimum Gasteiger partial charge on any atom is -0.476 e. The summed E-state index contributed by atoms with van der Waals surface area (Å²) in [6.45, 7) is 1.93. The molecule has 98 valence electrons. The molecular weight excluding hydrogens is 252 g/mol. The van der Waals surface area contributed by atoms with Crippen molar-refractivity contribution in [1.29, 1.82) is 0 Å². The molecule has 1 unspecified atom stereocenters. The number of aromatic nitrogens is 3. The number of likely N-dealkylation sites (tertiary alicyclic amines) is 1. The van der Waals surface area contributed by atoms with E-state index in [2.05, 4.69) is 15.2 Å². The summed E-state index contributed by atoms with van der Waals surface area (Å²) < 4.78 is 1.69. The molecule has 0 aliphatic carbocycles. The number of carbonyl (C=O) groups is 1. The molecule has 2 aliphatic heterocycles. The average Bonchev–Trinajstić information content (AvgIpc) is 2.78. The fourth-order valence-corrected chi connectivity index (χ4v) is 3.71. The van der Waals surface area contributed by atoms with Crippen LogP contribution < -0.4 is 0 Å².